The van der Waals surface area contributed by atoms with E-state index in [1.54, 1.807) is 11.4 Å². The van der Waals surface area contributed by atoms with E-state index in [2.05, 4.69) is 15.6 Å². The molecule has 0 spiro atoms. The molecule has 2 aromatic rings. The van der Waals surface area contributed by atoms with Crippen LogP contribution in [0.2, 0.25) is 0 Å². The Morgan fingerprint density at radius 2 is 2.14 bits per heavy atom. The average Bonchev–Trinajstić information content (AvgIpc) is 3.35. The molecule has 0 radical (unpaired) electrons. The molecular formula is C18H24N4O5S. The van der Waals surface area contributed by atoms with Crippen molar-refractivity contribution in [1.29, 1.82) is 0 Å². The average molecular weight is 408 g/mol. The van der Waals surface area contributed by atoms with Crippen LogP contribution in [0.4, 0.5) is 5.13 Å². The number of methoxy groups -OCH3 is 1. The third kappa shape index (κ3) is 6.78. The van der Waals surface area contributed by atoms with E-state index in [1.165, 1.54) is 35.7 Å². The lowest BCUT2D eigenvalue weighted by atomic mass is 10.3. The lowest BCUT2D eigenvalue weighted by molar-refractivity contribution is -0.120. The molecule has 9 nitrogen and oxygen atoms in total. The van der Waals surface area contributed by atoms with E-state index in [0.717, 1.165) is 6.42 Å². The Bertz CT molecular complexity index is 775. The fourth-order valence-corrected chi connectivity index (χ4v) is 3.01. The summed E-state index contributed by atoms with van der Waals surface area (Å²) in [6, 6.07) is 3.15. The van der Waals surface area contributed by atoms with Crippen molar-refractivity contribution in [1.82, 2.24) is 15.2 Å². The smallest absolute Gasteiger partial charge is 0.290 e. The largest absolute Gasteiger partial charge is 0.459 e. The highest BCUT2D eigenvalue weighted by molar-refractivity contribution is 7.13. The van der Waals surface area contributed by atoms with Gasteiger partial charge in [-0.05, 0) is 18.6 Å². The van der Waals surface area contributed by atoms with Crippen LogP contribution in [0.25, 0.3) is 0 Å². The number of aromatic nitrogens is 1. The Kier molecular flexibility index (Phi) is 8.63. The highest BCUT2D eigenvalue weighted by atomic mass is 32.1. The molecule has 28 heavy (non-hydrogen) atoms. The molecule has 2 N–H and O–H groups in total. The second-order valence-electron chi connectivity index (χ2n) is 5.92. The predicted molar refractivity (Wildman–Crippen MR) is 104 cm³/mol. The molecule has 2 rings (SSSR count). The molecule has 0 aliphatic heterocycles. The predicted octanol–water partition coefficient (Wildman–Crippen LogP) is 1.53. The van der Waals surface area contributed by atoms with Gasteiger partial charge in [0.1, 0.15) is 6.54 Å². The first-order valence-electron chi connectivity index (χ1n) is 8.86. The van der Waals surface area contributed by atoms with Gasteiger partial charge in [-0.15, -0.1) is 11.3 Å². The number of nitrogens with zero attached hydrogens (tertiary/aromatic N) is 2. The van der Waals surface area contributed by atoms with Gasteiger partial charge in [-0.1, -0.05) is 6.92 Å². The second kappa shape index (κ2) is 11.2. The van der Waals surface area contributed by atoms with Gasteiger partial charge < -0.3 is 24.7 Å². The summed E-state index contributed by atoms with van der Waals surface area (Å²) in [4.78, 5) is 42.1. The number of nitrogens with one attached hydrogen (secondary N) is 2. The maximum absolute atomic E-state index is 12.5. The molecule has 0 bridgehead atoms. The molecule has 0 saturated carbocycles. The molecule has 0 aliphatic rings. The third-order valence-electron chi connectivity index (χ3n) is 3.63. The van der Waals surface area contributed by atoms with E-state index < -0.39 is 11.8 Å². The first-order chi connectivity index (χ1) is 13.5. The molecule has 152 valence electrons. The Morgan fingerprint density at radius 3 is 2.82 bits per heavy atom. The van der Waals surface area contributed by atoms with Crippen molar-refractivity contribution in [3.05, 3.63) is 35.2 Å². The summed E-state index contributed by atoms with van der Waals surface area (Å²) in [6.45, 7) is 2.95. The normalized spacial score (nSPS) is 10.5. The monoisotopic (exact) mass is 408 g/mol. The van der Waals surface area contributed by atoms with Crippen molar-refractivity contribution in [2.24, 2.45) is 0 Å². The fourth-order valence-electron chi connectivity index (χ4n) is 2.28. The number of rotatable bonds is 11. The van der Waals surface area contributed by atoms with E-state index in [0.29, 0.717) is 17.4 Å². The maximum Gasteiger partial charge on any atom is 0.290 e. The molecule has 0 aliphatic carbocycles. The van der Waals surface area contributed by atoms with Crippen LogP contribution in [-0.4, -0.2) is 61.0 Å². The molecule has 0 unspecified atom stereocenters. The van der Waals surface area contributed by atoms with Gasteiger partial charge in [0.15, 0.2) is 10.9 Å². The summed E-state index contributed by atoms with van der Waals surface area (Å²) in [5.74, 6) is -0.754. The zero-order valence-corrected chi connectivity index (χ0v) is 16.7. The minimum absolute atomic E-state index is 0.111. The van der Waals surface area contributed by atoms with Crippen molar-refractivity contribution in [2.45, 2.75) is 19.8 Å². The first-order valence-corrected chi connectivity index (χ1v) is 9.74. The van der Waals surface area contributed by atoms with Crippen LogP contribution in [0, 0.1) is 0 Å². The van der Waals surface area contributed by atoms with Gasteiger partial charge in [0.05, 0.1) is 25.0 Å². The van der Waals surface area contributed by atoms with E-state index in [4.69, 9.17) is 9.15 Å². The number of furan rings is 1. The zero-order valence-electron chi connectivity index (χ0n) is 15.9. The van der Waals surface area contributed by atoms with Gasteiger partial charge in [0.25, 0.3) is 5.91 Å². The summed E-state index contributed by atoms with van der Waals surface area (Å²) >= 11 is 1.23. The Hall–Kier alpha value is -2.72. The molecular weight excluding hydrogens is 384 g/mol. The summed E-state index contributed by atoms with van der Waals surface area (Å²) in [5.41, 5.74) is 0.580. The molecule has 0 saturated heterocycles. The van der Waals surface area contributed by atoms with Gasteiger partial charge in [0.2, 0.25) is 11.8 Å². The van der Waals surface area contributed by atoms with Gasteiger partial charge in [0, 0.05) is 25.6 Å². The Morgan fingerprint density at radius 1 is 1.32 bits per heavy atom. The van der Waals surface area contributed by atoms with Crippen LogP contribution in [0.5, 0.6) is 0 Å². The van der Waals surface area contributed by atoms with Gasteiger partial charge in [-0.3, -0.25) is 14.4 Å². The minimum atomic E-state index is -0.398. The van der Waals surface area contributed by atoms with Crippen molar-refractivity contribution in [2.75, 3.05) is 38.7 Å². The topological polar surface area (TPSA) is 114 Å². The van der Waals surface area contributed by atoms with Crippen molar-refractivity contribution in [3.8, 4) is 0 Å². The van der Waals surface area contributed by atoms with E-state index >= 15 is 0 Å². The van der Waals surface area contributed by atoms with Crippen LogP contribution < -0.4 is 10.6 Å². The van der Waals surface area contributed by atoms with Crippen molar-refractivity contribution < 1.29 is 23.5 Å². The molecule has 2 heterocycles. The van der Waals surface area contributed by atoms with Crippen molar-refractivity contribution >= 4 is 34.2 Å². The zero-order chi connectivity index (χ0) is 20.4. The van der Waals surface area contributed by atoms with Gasteiger partial charge in [-0.2, -0.15) is 0 Å². The molecule has 0 fully saturated rings. The number of hydrogen-bond acceptors (Lipinski definition) is 7. The van der Waals surface area contributed by atoms with Crippen LogP contribution in [0.3, 0.4) is 0 Å². The van der Waals surface area contributed by atoms with Crippen LogP contribution in [-0.2, 0) is 20.7 Å². The fraction of sp³-hybridized carbons (Fsp3) is 0.444. The van der Waals surface area contributed by atoms with E-state index in [1.807, 2.05) is 6.92 Å². The number of ether oxygens (including phenoxy) is 1. The Labute approximate surface area is 167 Å². The van der Waals surface area contributed by atoms with Crippen LogP contribution in [0.15, 0.2) is 28.2 Å². The Balaban J connectivity index is 1.91. The number of carbonyl (C=O) groups is 3. The summed E-state index contributed by atoms with van der Waals surface area (Å²) in [6.07, 6.45) is 2.42. The quantitative estimate of drug-likeness (QED) is 0.583. The van der Waals surface area contributed by atoms with E-state index in [-0.39, 0.29) is 37.8 Å². The lowest BCUT2D eigenvalue weighted by Gasteiger charge is -2.20. The van der Waals surface area contributed by atoms with E-state index in [9.17, 15) is 14.4 Å². The molecule has 0 aromatic carbocycles. The molecule has 2 aromatic heterocycles. The molecule has 0 atom stereocenters. The number of hydrogen-bond donors (Lipinski definition) is 2. The van der Waals surface area contributed by atoms with Gasteiger partial charge in [-0.25, -0.2) is 4.98 Å². The number of carbonyl (C=O) groups excluding carboxylic acids is 3. The molecule has 10 heteroatoms. The minimum Gasteiger partial charge on any atom is -0.459 e. The summed E-state index contributed by atoms with van der Waals surface area (Å²) in [7, 11) is 1.52. The number of anilines is 1. The SMILES string of the molecule is CCCNC(=O)Cc1csc(NC(=O)CN(CCOC)C(=O)c2ccco2)n1. The number of thiazole rings is 1. The van der Waals surface area contributed by atoms with Gasteiger partial charge >= 0.3 is 0 Å². The lowest BCUT2D eigenvalue weighted by Crippen LogP contribution is -2.39. The third-order valence-corrected chi connectivity index (χ3v) is 4.44. The summed E-state index contributed by atoms with van der Waals surface area (Å²) in [5, 5.41) is 7.53. The first kappa shape index (κ1) is 21.6. The highest BCUT2D eigenvalue weighted by Gasteiger charge is 2.21. The molecule has 3 amide bonds. The second-order valence-corrected chi connectivity index (χ2v) is 6.77. The maximum atomic E-state index is 12.5. The number of amides is 3. The van der Waals surface area contributed by atoms with Crippen LogP contribution in [0.1, 0.15) is 29.6 Å². The highest BCUT2D eigenvalue weighted by Crippen LogP contribution is 2.16. The summed E-state index contributed by atoms with van der Waals surface area (Å²) < 4.78 is 10.1. The standard InChI is InChI=1S/C18H24N4O5S/c1-3-6-19-15(23)10-13-12-28-18(20-13)21-16(24)11-22(7-9-26-2)17(25)14-5-4-8-27-14/h4-5,8,12H,3,6-7,9-11H2,1-2H3,(H,19,23)(H,20,21,24). The van der Waals surface area contributed by atoms with Crippen molar-refractivity contribution in [3.63, 3.8) is 0 Å². The van der Waals surface area contributed by atoms with Crippen LogP contribution >= 0.6 is 11.3 Å².